The van der Waals surface area contributed by atoms with Crippen molar-refractivity contribution in [1.82, 2.24) is 5.32 Å². The number of amides is 1. The molecule has 5 N–H and O–H groups in total. The number of nitro groups is 1. The number of benzene rings is 2. The van der Waals surface area contributed by atoms with E-state index in [0.717, 1.165) is 11.8 Å². The Morgan fingerprint density at radius 2 is 1.86 bits per heavy atom. The van der Waals surface area contributed by atoms with Gasteiger partial charge in [-0.2, -0.15) is 0 Å². The van der Waals surface area contributed by atoms with Gasteiger partial charge in [-0.05, 0) is 17.7 Å². The minimum absolute atomic E-state index is 0.136. The maximum Gasteiger partial charge on any atom is 0.349 e. The van der Waals surface area contributed by atoms with Crippen LogP contribution < -0.4 is 5.32 Å². The summed E-state index contributed by atoms with van der Waals surface area (Å²) < 4.78 is 11.5. The first kappa shape index (κ1) is 28.5. The molecule has 1 aliphatic heterocycles. The monoisotopic (exact) mass is 536 g/mol. The molecule has 2 aromatic carbocycles. The van der Waals surface area contributed by atoms with Crippen molar-refractivity contribution in [2.75, 3.05) is 6.61 Å². The highest BCUT2D eigenvalue weighted by Crippen LogP contribution is 2.45. The predicted molar refractivity (Wildman–Crippen MR) is 130 cm³/mol. The molecule has 13 heteroatoms. The molecule has 1 saturated heterocycles. The number of aliphatic hydroxyl groups is 4. The van der Waals surface area contributed by atoms with Gasteiger partial charge in [0.1, 0.15) is 24.9 Å². The van der Waals surface area contributed by atoms with Crippen LogP contribution >= 0.6 is 11.8 Å². The lowest BCUT2D eigenvalue weighted by molar-refractivity contribution is -0.384. The first-order valence-corrected chi connectivity index (χ1v) is 12.1. The number of carbonyl (C=O) groups excluding carboxylic acids is 2. The summed E-state index contributed by atoms with van der Waals surface area (Å²) >= 11 is 0.793. The summed E-state index contributed by atoms with van der Waals surface area (Å²) in [6, 6.07) is 12.8. The third-order valence-electron chi connectivity index (χ3n) is 5.71. The number of rotatable bonds is 10. The molecule has 200 valence electrons. The van der Waals surface area contributed by atoms with Crippen molar-refractivity contribution in [3.8, 4) is 0 Å². The number of carbonyl (C=O) groups is 2. The summed E-state index contributed by atoms with van der Waals surface area (Å²) in [7, 11) is 0. The first-order valence-electron chi connectivity index (χ1n) is 11.3. The summed E-state index contributed by atoms with van der Waals surface area (Å²) in [6.45, 7) is 0.189. The van der Waals surface area contributed by atoms with Crippen LogP contribution in [-0.4, -0.2) is 79.2 Å². The third-order valence-corrected chi connectivity index (χ3v) is 6.98. The van der Waals surface area contributed by atoms with Crippen LogP contribution in [0.5, 0.6) is 0 Å². The molecular weight excluding hydrogens is 508 g/mol. The fourth-order valence-electron chi connectivity index (χ4n) is 3.88. The van der Waals surface area contributed by atoms with Gasteiger partial charge in [0.05, 0.1) is 23.7 Å². The van der Waals surface area contributed by atoms with Gasteiger partial charge < -0.3 is 35.2 Å². The van der Waals surface area contributed by atoms with Crippen molar-refractivity contribution < 1.29 is 44.4 Å². The number of nitro benzene ring substituents is 1. The number of non-ortho nitro benzene ring substituents is 1. The summed E-state index contributed by atoms with van der Waals surface area (Å²) in [5.41, 5.74) is 0.492. The largest absolute Gasteiger partial charge is 0.458 e. The van der Waals surface area contributed by atoms with E-state index in [2.05, 4.69) is 5.32 Å². The third kappa shape index (κ3) is 7.03. The number of nitrogens with one attached hydrogen (secondary N) is 1. The average molecular weight is 537 g/mol. The number of nitrogens with zero attached hydrogens (tertiary/aromatic N) is 1. The highest BCUT2D eigenvalue weighted by Gasteiger charge is 2.56. The van der Waals surface area contributed by atoms with Gasteiger partial charge in [0, 0.05) is 30.4 Å². The SMILES string of the molecule is CC(=O)N[C@H]1[C@H]([C@H](O)[C@H](O)CO)O[C@@](Sc2ccc([N+](=O)[O-])cc2)(C(=O)OCc2ccccc2)C[C@@H]1O. The zero-order chi connectivity index (χ0) is 27.2. The molecule has 2 aromatic rings. The van der Waals surface area contributed by atoms with Gasteiger partial charge in [-0.15, -0.1) is 0 Å². The smallest absolute Gasteiger partial charge is 0.349 e. The summed E-state index contributed by atoms with van der Waals surface area (Å²) in [5, 5.41) is 54.6. The van der Waals surface area contributed by atoms with Crippen LogP contribution in [0.2, 0.25) is 0 Å². The molecule has 0 aromatic heterocycles. The van der Waals surface area contributed by atoms with E-state index in [1.54, 1.807) is 30.3 Å². The van der Waals surface area contributed by atoms with Crippen LogP contribution in [0.4, 0.5) is 5.69 Å². The maximum absolute atomic E-state index is 13.5. The van der Waals surface area contributed by atoms with E-state index in [9.17, 15) is 40.1 Å². The Kier molecular flexibility index (Phi) is 9.59. The van der Waals surface area contributed by atoms with Crippen LogP contribution in [0, 0.1) is 10.1 Å². The number of thioether (sulfide) groups is 1. The Balaban J connectivity index is 1.98. The molecule has 12 nitrogen and oxygen atoms in total. The molecule has 0 unspecified atom stereocenters. The fourth-order valence-corrected chi connectivity index (χ4v) is 5.09. The van der Waals surface area contributed by atoms with Crippen molar-refractivity contribution in [1.29, 1.82) is 0 Å². The molecular formula is C24H28N2O10S. The second-order valence-corrected chi connectivity index (χ2v) is 9.82. The molecule has 1 fully saturated rings. The summed E-state index contributed by atoms with van der Waals surface area (Å²) in [4.78, 5) is 34.1. The van der Waals surface area contributed by atoms with Crippen molar-refractivity contribution >= 4 is 29.3 Å². The molecule has 1 heterocycles. The zero-order valence-corrected chi connectivity index (χ0v) is 20.6. The number of hydrogen-bond donors (Lipinski definition) is 5. The van der Waals surface area contributed by atoms with Crippen molar-refractivity contribution in [2.45, 2.75) is 60.2 Å². The average Bonchev–Trinajstić information content (AvgIpc) is 2.88. The van der Waals surface area contributed by atoms with Gasteiger partial charge in [0.25, 0.3) is 5.69 Å². The minimum atomic E-state index is -1.99. The lowest BCUT2D eigenvalue weighted by Gasteiger charge is -2.47. The first-order chi connectivity index (χ1) is 17.6. The molecule has 3 rings (SSSR count). The van der Waals surface area contributed by atoms with Crippen molar-refractivity contribution in [3.63, 3.8) is 0 Å². The normalized spacial score (nSPS) is 25.1. The molecule has 0 aliphatic carbocycles. The van der Waals surface area contributed by atoms with Gasteiger partial charge in [0.2, 0.25) is 10.8 Å². The van der Waals surface area contributed by atoms with Gasteiger partial charge >= 0.3 is 5.97 Å². The predicted octanol–water partition coefficient (Wildman–Crippen LogP) is 0.495. The van der Waals surface area contributed by atoms with Crippen LogP contribution in [0.25, 0.3) is 0 Å². The molecule has 0 radical (unpaired) electrons. The van der Waals surface area contributed by atoms with Gasteiger partial charge in [-0.1, -0.05) is 42.1 Å². The van der Waals surface area contributed by atoms with E-state index in [0.29, 0.717) is 10.5 Å². The molecule has 6 atom stereocenters. The Bertz CT molecular complexity index is 1090. The number of aliphatic hydroxyl groups excluding tert-OH is 4. The van der Waals surface area contributed by atoms with E-state index < -0.39 is 65.2 Å². The molecule has 0 spiro atoms. The Morgan fingerprint density at radius 1 is 1.22 bits per heavy atom. The minimum Gasteiger partial charge on any atom is -0.458 e. The second kappa shape index (κ2) is 12.4. The maximum atomic E-state index is 13.5. The standard InChI is InChI=1S/C24H28N2O10S/c1-14(28)25-20-18(29)11-24(36-22(20)21(31)19(30)12-27,23(32)35-13-15-5-3-2-4-6-15)37-17-9-7-16(8-10-17)26(33)34/h2-10,18-22,27,29-31H,11-13H2,1H3,(H,25,28)/t18-,19+,20+,21+,22+,24-/m0/s1. The van der Waals surface area contributed by atoms with E-state index in [1.165, 1.54) is 31.2 Å². The lowest BCUT2D eigenvalue weighted by Crippen LogP contribution is -2.66. The summed E-state index contributed by atoms with van der Waals surface area (Å²) in [5.74, 6) is -1.48. The topological polar surface area (TPSA) is 189 Å². The molecule has 1 amide bonds. The second-order valence-electron chi connectivity index (χ2n) is 8.49. The fraction of sp³-hybridized carbons (Fsp3) is 0.417. The Hall–Kier alpha value is -3.07. The Labute approximate surface area is 216 Å². The van der Waals surface area contributed by atoms with Gasteiger partial charge in [-0.25, -0.2) is 4.79 Å². The van der Waals surface area contributed by atoms with Crippen LogP contribution in [-0.2, 0) is 25.7 Å². The zero-order valence-electron chi connectivity index (χ0n) is 19.8. The van der Waals surface area contributed by atoms with E-state index in [4.69, 9.17) is 9.47 Å². The van der Waals surface area contributed by atoms with Crippen molar-refractivity contribution in [3.05, 3.63) is 70.3 Å². The molecule has 1 aliphatic rings. The van der Waals surface area contributed by atoms with Gasteiger partial charge in [0.15, 0.2) is 0 Å². The molecule has 0 bridgehead atoms. The highest BCUT2D eigenvalue weighted by atomic mass is 32.2. The van der Waals surface area contributed by atoms with Crippen LogP contribution in [0.1, 0.15) is 18.9 Å². The lowest BCUT2D eigenvalue weighted by atomic mass is 9.89. The quantitative estimate of drug-likeness (QED) is 0.161. The Morgan fingerprint density at radius 3 is 2.43 bits per heavy atom. The molecule has 37 heavy (non-hydrogen) atoms. The number of esters is 1. The molecule has 0 saturated carbocycles. The number of hydrogen-bond acceptors (Lipinski definition) is 11. The van der Waals surface area contributed by atoms with Crippen molar-refractivity contribution in [2.24, 2.45) is 0 Å². The van der Waals surface area contributed by atoms with E-state index in [-0.39, 0.29) is 12.3 Å². The highest BCUT2D eigenvalue weighted by molar-refractivity contribution is 8.01. The van der Waals surface area contributed by atoms with Gasteiger partial charge in [-0.3, -0.25) is 14.9 Å². The van der Waals surface area contributed by atoms with E-state index >= 15 is 0 Å². The summed E-state index contributed by atoms with van der Waals surface area (Å²) in [6.07, 6.45) is -6.90. The number of ether oxygens (including phenoxy) is 2. The van der Waals surface area contributed by atoms with Crippen LogP contribution in [0.3, 0.4) is 0 Å². The van der Waals surface area contributed by atoms with Crippen LogP contribution in [0.15, 0.2) is 59.5 Å². The van der Waals surface area contributed by atoms with E-state index in [1.807, 2.05) is 0 Å².